The molecule has 3 fully saturated rings. The van der Waals surface area contributed by atoms with Crippen molar-refractivity contribution >= 4 is 27.5 Å². The fraction of sp³-hybridized carbons (Fsp3) is 0.567. The minimum absolute atomic E-state index is 0.198. The van der Waals surface area contributed by atoms with Crippen LogP contribution in [0.25, 0.3) is 0 Å². The molecule has 2 heterocycles. The van der Waals surface area contributed by atoms with Crippen LogP contribution in [-0.2, 0) is 14.8 Å². The second-order valence-electron chi connectivity index (χ2n) is 10.9. The number of piperidine rings is 1. The number of carbonyl (C=O) groups is 1. The van der Waals surface area contributed by atoms with E-state index in [0.29, 0.717) is 24.2 Å². The zero-order chi connectivity index (χ0) is 29.0. The second-order valence-corrected chi connectivity index (χ2v) is 13.1. The van der Waals surface area contributed by atoms with E-state index in [4.69, 9.17) is 21.1 Å². The van der Waals surface area contributed by atoms with Crippen molar-refractivity contribution in [3.63, 3.8) is 0 Å². The zero-order valence-corrected chi connectivity index (χ0v) is 25.3. The first-order chi connectivity index (χ1) is 19.1. The van der Waals surface area contributed by atoms with Gasteiger partial charge in [-0.05, 0) is 92.4 Å². The molecule has 2 aliphatic heterocycles. The van der Waals surface area contributed by atoms with Crippen molar-refractivity contribution < 1.29 is 27.1 Å². The van der Waals surface area contributed by atoms with Gasteiger partial charge in [0.2, 0.25) is 10.0 Å². The van der Waals surface area contributed by atoms with Crippen LogP contribution in [0.4, 0.5) is 4.39 Å². The van der Waals surface area contributed by atoms with Gasteiger partial charge in [0.15, 0.2) is 0 Å². The smallest absolute Gasteiger partial charge is 0.267 e. The van der Waals surface area contributed by atoms with Gasteiger partial charge in [-0.2, -0.15) is 0 Å². The van der Waals surface area contributed by atoms with Gasteiger partial charge in [-0.1, -0.05) is 31.5 Å². The highest BCUT2D eigenvalue weighted by atomic mass is 35.5. The number of sulfonamides is 1. The Hall–Kier alpha value is -2.20. The van der Waals surface area contributed by atoms with Crippen LogP contribution in [0.3, 0.4) is 0 Å². The molecule has 0 spiro atoms. The van der Waals surface area contributed by atoms with E-state index in [1.54, 1.807) is 0 Å². The first-order valence-corrected chi connectivity index (χ1v) is 16.4. The summed E-state index contributed by atoms with van der Waals surface area (Å²) >= 11 is 6.39. The van der Waals surface area contributed by atoms with Crippen LogP contribution in [0, 0.1) is 24.6 Å². The number of hydrogen-bond donors (Lipinski definition) is 1. The third-order valence-electron chi connectivity index (χ3n) is 7.67. The molecular weight excluding hydrogens is 555 g/mol. The highest BCUT2D eigenvalue weighted by Crippen LogP contribution is 2.45. The first-order valence-electron chi connectivity index (χ1n) is 14.1. The van der Waals surface area contributed by atoms with Crippen molar-refractivity contribution in [3.8, 4) is 5.75 Å². The Bertz CT molecular complexity index is 1290. The van der Waals surface area contributed by atoms with E-state index < -0.39 is 21.7 Å². The van der Waals surface area contributed by atoms with Crippen molar-refractivity contribution in [1.82, 2.24) is 9.62 Å². The van der Waals surface area contributed by atoms with Crippen molar-refractivity contribution in [2.75, 3.05) is 39.2 Å². The van der Waals surface area contributed by atoms with Crippen LogP contribution in [0.1, 0.15) is 78.5 Å². The second kappa shape index (κ2) is 13.2. The van der Waals surface area contributed by atoms with Crippen molar-refractivity contribution in [1.29, 1.82) is 0 Å². The molecule has 220 valence electrons. The number of likely N-dealkylation sites (tertiary alicyclic amines) is 1. The van der Waals surface area contributed by atoms with E-state index in [1.165, 1.54) is 17.7 Å². The number of nitrogens with one attached hydrogen (secondary N) is 1. The maximum Gasteiger partial charge on any atom is 0.267 e. The van der Waals surface area contributed by atoms with E-state index in [1.807, 2.05) is 24.6 Å². The highest BCUT2D eigenvalue weighted by Gasteiger charge is 2.36. The molecule has 40 heavy (non-hydrogen) atoms. The predicted molar refractivity (Wildman–Crippen MR) is 155 cm³/mol. The summed E-state index contributed by atoms with van der Waals surface area (Å²) in [5.74, 6) is -0.335. The number of amides is 1. The molecule has 0 radical (unpaired) electrons. The van der Waals surface area contributed by atoms with Gasteiger partial charge in [0.05, 0.1) is 31.6 Å². The Kier molecular flexibility index (Phi) is 10.1. The molecule has 7 nitrogen and oxygen atoms in total. The molecule has 0 bridgehead atoms. The Balaban J connectivity index is 0.00000181. The van der Waals surface area contributed by atoms with Gasteiger partial charge in [0.25, 0.3) is 5.91 Å². The standard InChI is InChI=1S/C28H34ClFN2O5S.C2H6/c1-17-9-20(11-22(29)10-17)27(21-15-36-16-21)32-7-5-18(6-8-32)14-37-26-13-25(30)24(12-23(26)19-3-4-19)28(33)31-38(2,34)35;1-2/h9-13,18-19,21,27H,3-8,14-16H2,1-2H3,(H,31,33);1-2H3/t27-;/m0./s1. The summed E-state index contributed by atoms with van der Waals surface area (Å²) in [6, 6.07) is 9.21. The van der Waals surface area contributed by atoms with Crippen molar-refractivity contribution in [2.45, 2.75) is 58.4 Å². The number of hydrogen-bond acceptors (Lipinski definition) is 6. The molecule has 2 saturated heterocycles. The van der Waals surface area contributed by atoms with Gasteiger partial charge in [0, 0.05) is 23.0 Å². The van der Waals surface area contributed by atoms with Gasteiger partial charge in [-0.3, -0.25) is 9.69 Å². The largest absolute Gasteiger partial charge is 0.493 e. The molecule has 1 saturated carbocycles. The molecule has 2 aromatic carbocycles. The molecule has 1 amide bonds. The first kappa shape index (κ1) is 30.8. The molecule has 1 aliphatic carbocycles. The van der Waals surface area contributed by atoms with Gasteiger partial charge >= 0.3 is 0 Å². The number of nitrogens with zero attached hydrogens (tertiary/aromatic N) is 1. The van der Waals surface area contributed by atoms with Crippen LogP contribution in [-0.4, -0.2) is 58.4 Å². The maximum atomic E-state index is 14.8. The summed E-state index contributed by atoms with van der Waals surface area (Å²) < 4.78 is 51.2. The Labute approximate surface area is 242 Å². The number of ether oxygens (including phenoxy) is 2. The lowest BCUT2D eigenvalue weighted by Crippen LogP contribution is -2.46. The van der Waals surface area contributed by atoms with Crippen LogP contribution in [0.15, 0.2) is 30.3 Å². The van der Waals surface area contributed by atoms with Crippen LogP contribution >= 0.6 is 11.6 Å². The lowest BCUT2D eigenvalue weighted by atomic mass is 9.86. The van der Waals surface area contributed by atoms with E-state index in [-0.39, 0.29) is 17.5 Å². The number of halogens is 2. The topological polar surface area (TPSA) is 84.9 Å². The molecule has 2 aromatic rings. The minimum atomic E-state index is -3.79. The fourth-order valence-electron chi connectivity index (χ4n) is 5.57. The van der Waals surface area contributed by atoms with Gasteiger partial charge in [-0.25, -0.2) is 17.5 Å². The Morgan fingerprint density at radius 1 is 1.12 bits per heavy atom. The average molecular weight is 595 g/mol. The van der Waals surface area contributed by atoms with E-state index in [2.05, 4.69) is 24.0 Å². The summed E-state index contributed by atoms with van der Waals surface area (Å²) in [7, 11) is -3.79. The zero-order valence-electron chi connectivity index (χ0n) is 23.7. The SMILES string of the molecule is CC.Cc1cc(Cl)cc([C@@H](C2COC2)N2CCC(COc3cc(F)c(C(=O)NS(C)(=O)=O)cc3C3CC3)CC2)c1. The van der Waals surface area contributed by atoms with Gasteiger partial charge in [0.1, 0.15) is 11.6 Å². The number of benzene rings is 2. The number of rotatable bonds is 9. The molecule has 1 N–H and O–H groups in total. The Morgan fingerprint density at radius 2 is 1.80 bits per heavy atom. The normalized spacial score (nSPS) is 19.2. The predicted octanol–water partition coefficient (Wildman–Crippen LogP) is 5.86. The van der Waals surface area contributed by atoms with Crippen LogP contribution in [0.5, 0.6) is 5.75 Å². The van der Waals surface area contributed by atoms with E-state index in [9.17, 15) is 17.6 Å². The summed E-state index contributed by atoms with van der Waals surface area (Å²) in [6.45, 7) is 9.90. The minimum Gasteiger partial charge on any atom is -0.493 e. The molecule has 5 rings (SSSR count). The molecule has 0 unspecified atom stereocenters. The lowest BCUT2D eigenvalue weighted by Gasteiger charge is -2.44. The highest BCUT2D eigenvalue weighted by molar-refractivity contribution is 7.89. The number of aryl methyl sites for hydroxylation is 1. The maximum absolute atomic E-state index is 14.8. The number of carbonyl (C=O) groups excluding carboxylic acids is 1. The van der Waals surface area contributed by atoms with E-state index in [0.717, 1.165) is 74.4 Å². The van der Waals surface area contributed by atoms with Crippen molar-refractivity contribution in [3.05, 3.63) is 63.4 Å². The van der Waals surface area contributed by atoms with Gasteiger partial charge in [-0.15, -0.1) is 0 Å². The van der Waals surface area contributed by atoms with Crippen molar-refractivity contribution in [2.24, 2.45) is 11.8 Å². The molecular formula is C30H40ClFN2O5S. The fourth-order valence-corrected chi connectivity index (χ4v) is 6.31. The molecule has 0 aromatic heterocycles. The lowest BCUT2D eigenvalue weighted by molar-refractivity contribution is -0.0816. The van der Waals surface area contributed by atoms with Crippen LogP contribution in [0.2, 0.25) is 5.02 Å². The average Bonchev–Trinajstić information content (AvgIpc) is 3.70. The third-order valence-corrected chi connectivity index (χ3v) is 8.45. The quantitative estimate of drug-likeness (QED) is 0.391. The van der Waals surface area contributed by atoms with E-state index >= 15 is 0 Å². The Morgan fingerprint density at radius 3 is 2.35 bits per heavy atom. The van der Waals surface area contributed by atoms with Crippen LogP contribution < -0.4 is 9.46 Å². The third kappa shape index (κ3) is 7.75. The summed E-state index contributed by atoms with van der Waals surface area (Å²) in [4.78, 5) is 14.8. The molecule has 10 heteroatoms. The summed E-state index contributed by atoms with van der Waals surface area (Å²) in [5, 5.41) is 0.757. The molecule has 1 atom stereocenters. The summed E-state index contributed by atoms with van der Waals surface area (Å²) in [6.07, 6.45) is 4.65. The monoisotopic (exact) mass is 594 g/mol. The van der Waals surface area contributed by atoms with Gasteiger partial charge < -0.3 is 9.47 Å². The molecule has 3 aliphatic rings. The summed E-state index contributed by atoms with van der Waals surface area (Å²) in [5.41, 5.74) is 2.88.